The highest BCUT2D eigenvalue weighted by Gasteiger charge is 2.02. The number of para-hydroxylation sites is 1. The van der Waals surface area contributed by atoms with Gasteiger partial charge in [-0.2, -0.15) is 0 Å². The summed E-state index contributed by atoms with van der Waals surface area (Å²) in [6.45, 7) is 2.65. The second-order valence-electron chi connectivity index (χ2n) is 3.93. The van der Waals surface area contributed by atoms with Gasteiger partial charge < -0.3 is 10.7 Å². The third kappa shape index (κ3) is 2.95. The number of hydrogen-bond acceptors (Lipinski definition) is 3. The van der Waals surface area contributed by atoms with Crippen LogP contribution in [0.15, 0.2) is 36.5 Å². The Morgan fingerprint density at radius 1 is 1.28 bits per heavy atom. The molecule has 0 fully saturated rings. The van der Waals surface area contributed by atoms with Crippen molar-refractivity contribution in [3.63, 3.8) is 0 Å². The van der Waals surface area contributed by atoms with Crippen molar-refractivity contribution in [2.24, 2.45) is 5.73 Å². The van der Waals surface area contributed by atoms with E-state index in [1.807, 2.05) is 25.3 Å². The van der Waals surface area contributed by atoms with E-state index in [2.05, 4.69) is 38.6 Å². The summed E-state index contributed by atoms with van der Waals surface area (Å²) in [7, 11) is 0. The van der Waals surface area contributed by atoms with Crippen LogP contribution in [0, 0.1) is 0 Å². The minimum atomic E-state index is 0.750. The predicted molar refractivity (Wildman–Crippen MR) is 72.2 cm³/mol. The SMILES string of the molecule is CCN.c1ccc2[nH]c(Cc3c[nH]nn3)cc2c1. The highest BCUT2D eigenvalue weighted by atomic mass is 15.3. The van der Waals surface area contributed by atoms with Crippen molar-refractivity contribution in [3.8, 4) is 0 Å². The number of fused-ring (bicyclic) bond motifs is 1. The number of nitrogens with one attached hydrogen (secondary N) is 2. The lowest BCUT2D eigenvalue weighted by Crippen LogP contribution is -1.87. The average molecular weight is 243 g/mol. The minimum Gasteiger partial charge on any atom is -0.358 e. The first kappa shape index (κ1) is 12.3. The maximum atomic E-state index is 4.85. The molecule has 5 nitrogen and oxygen atoms in total. The molecule has 0 saturated heterocycles. The van der Waals surface area contributed by atoms with Crippen molar-refractivity contribution in [1.29, 1.82) is 0 Å². The second kappa shape index (κ2) is 5.97. The molecule has 0 atom stereocenters. The van der Waals surface area contributed by atoms with Crippen molar-refractivity contribution in [2.45, 2.75) is 13.3 Å². The predicted octanol–water partition coefficient (Wildman–Crippen LogP) is 1.84. The third-order valence-corrected chi connectivity index (χ3v) is 2.42. The molecule has 0 aliphatic carbocycles. The molecular formula is C13H17N5. The van der Waals surface area contributed by atoms with E-state index in [0.717, 1.165) is 29.9 Å². The number of benzene rings is 1. The number of hydrogen-bond donors (Lipinski definition) is 3. The van der Waals surface area contributed by atoms with Gasteiger partial charge in [0.05, 0.1) is 5.69 Å². The standard InChI is InChI=1S/C11H10N4.C2H7N/c1-2-4-11-8(3-1)5-9(13-11)6-10-7-12-15-14-10;1-2-3/h1-5,7,13H,6H2,(H,12,14,15);2-3H2,1H3. The summed E-state index contributed by atoms with van der Waals surface area (Å²) in [6, 6.07) is 10.4. The average Bonchev–Trinajstić information content (AvgIpc) is 2.98. The Hall–Kier alpha value is -2.14. The first-order chi connectivity index (χ1) is 8.83. The maximum absolute atomic E-state index is 4.85. The molecule has 2 heterocycles. The fraction of sp³-hybridized carbons (Fsp3) is 0.231. The molecule has 3 rings (SSSR count). The molecule has 0 aliphatic rings. The van der Waals surface area contributed by atoms with Crippen molar-refractivity contribution in [1.82, 2.24) is 20.4 Å². The Kier molecular flexibility index (Phi) is 4.09. The highest BCUT2D eigenvalue weighted by Crippen LogP contribution is 2.16. The molecule has 0 saturated carbocycles. The van der Waals surface area contributed by atoms with E-state index < -0.39 is 0 Å². The summed E-state index contributed by atoms with van der Waals surface area (Å²) in [5.41, 5.74) is 8.11. The quantitative estimate of drug-likeness (QED) is 0.642. The smallest absolute Gasteiger partial charge is 0.0883 e. The number of aromatic nitrogens is 4. The fourth-order valence-electron chi connectivity index (χ4n) is 1.74. The van der Waals surface area contributed by atoms with Crippen molar-refractivity contribution < 1.29 is 0 Å². The zero-order chi connectivity index (χ0) is 12.8. The molecule has 2 aromatic heterocycles. The summed E-state index contributed by atoms with van der Waals surface area (Å²) in [5.74, 6) is 0. The van der Waals surface area contributed by atoms with Crippen LogP contribution >= 0.6 is 0 Å². The lowest BCUT2D eigenvalue weighted by molar-refractivity contribution is 0.911. The monoisotopic (exact) mass is 243 g/mol. The van der Waals surface area contributed by atoms with Gasteiger partial charge in [-0.25, -0.2) is 0 Å². The largest absolute Gasteiger partial charge is 0.358 e. The summed E-state index contributed by atoms with van der Waals surface area (Å²) in [6.07, 6.45) is 2.59. The number of rotatable bonds is 2. The van der Waals surface area contributed by atoms with Gasteiger partial charge in [0.1, 0.15) is 0 Å². The van der Waals surface area contributed by atoms with Crippen molar-refractivity contribution >= 4 is 10.9 Å². The topological polar surface area (TPSA) is 83.4 Å². The van der Waals surface area contributed by atoms with Crippen LogP contribution in [-0.4, -0.2) is 26.9 Å². The Morgan fingerprint density at radius 3 is 2.72 bits per heavy atom. The van der Waals surface area contributed by atoms with Gasteiger partial charge in [0.15, 0.2) is 0 Å². The van der Waals surface area contributed by atoms with Gasteiger partial charge in [-0.15, -0.1) is 5.10 Å². The van der Waals surface area contributed by atoms with E-state index in [9.17, 15) is 0 Å². The Bertz CT molecular complexity index is 549. The first-order valence-electron chi connectivity index (χ1n) is 5.95. The van der Waals surface area contributed by atoms with Gasteiger partial charge >= 0.3 is 0 Å². The summed E-state index contributed by atoms with van der Waals surface area (Å²) in [5, 5.41) is 11.6. The van der Waals surface area contributed by atoms with Crippen molar-refractivity contribution in [3.05, 3.63) is 47.9 Å². The molecule has 0 spiro atoms. The molecule has 94 valence electrons. The molecule has 0 aliphatic heterocycles. The lowest BCUT2D eigenvalue weighted by atomic mass is 10.2. The Morgan fingerprint density at radius 2 is 2.06 bits per heavy atom. The summed E-state index contributed by atoms with van der Waals surface area (Å²) in [4.78, 5) is 3.35. The number of H-pyrrole nitrogens is 2. The normalized spacial score (nSPS) is 10.1. The summed E-state index contributed by atoms with van der Waals surface area (Å²) < 4.78 is 0. The number of aromatic amines is 2. The van der Waals surface area contributed by atoms with E-state index >= 15 is 0 Å². The minimum absolute atomic E-state index is 0.750. The molecule has 0 unspecified atom stereocenters. The molecule has 4 N–H and O–H groups in total. The lowest BCUT2D eigenvalue weighted by Gasteiger charge is -1.90. The van der Waals surface area contributed by atoms with Crippen LogP contribution in [0.5, 0.6) is 0 Å². The Labute approximate surface area is 105 Å². The third-order valence-electron chi connectivity index (χ3n) is 2.42. The van der Waals surface area contributed by atoms with Gasteiger partial charge in [0.25, 0.3) is 0 Å². The Balaban J connectivity index is 0.000000367. The molecule has 18 heavy (non-hydrogen) atoms. The zero-order valence-corrected chi connectivity index (χ0v) is 10.4. The molecular weight excluding hydrogens is 226 g/mol. The van der Waals surface area contributed by atoms with Crippen LogP contribution in [0.3, 0.4) is 0 Å². The van der Waals surface area contributed by atoms with Gasteiger partial charge in [-0.1, -0.05) is 30.3 Å². The van der Waals surface area contributed by atoms with Crippen molar-refractivity contribution in [2.75, 3.05) is 6.54 Å². The maximum Gasteiger partial charge on any atom is 0.0883 e. The molecule has 0 bridgehead atoms. The number of nitrogens with two attached hydrogens (primary N) is 1. The van der Waals surface area contributed by atoms with Crippen LogP contribution in [-0.2, 0) is 6.42 Å². The second-order valence-corrected chi connectivity index (χ2v) is 3.93. The van der Waals surface area contributed by atoms with E-state index in [4.69, 9.17) is 5.73 Å². The molecule has 0 amide bonds. The van der Waals surface area contributed by atoms with E-state index in [1.54, 1.807) is 0 Å². The molecule has 3 aromatic rings. The van der Waals surface area contributed by atoms with Crippen LogP contribution in [0.25, 0.3) is 10.9 Å². The first-order valence-corrected chi connectivity index (χ1v) is 5.95. The fourth-order valence-corrected chi connectivity index (χ4v) is 1.74. The molecule has 1 aromatic carbocycles. The molecule has 5 heteroatoms. The van der Waals surface area contributed by atoms with Gasteiger partial charge in [0.2, 0.25) is 0 Å². The van der Waals surface area contributed by atoms with Crippen LogP contribution in [0.4, 0.5) is 0 Å². The van der Waals surface area contributed by atoms with E-state index in [-0.39, 0.29) is 0 Å². The van der Waals surface area contributed by atoms with Crippen LogP contribution < -0.4 is 5.73 Å². The van der Waals surface area contributed by atoms with Gasteiger partial charge in [-0.05, 0) is 24.1 Å². The van der Waals surface area contributed by atoms with Gasteiger partial charge in [-0.3, -0.25) is 5.10 Å². The molecule has 0 radical (unpaired) electrons. The van der Waals surface area contributed by atoms with Gasteiger partial charge in [0, 0.05) is 23.8 Å². The summed E-state index contributed by atoms with van der Waals surface area (Å²) >= 11 is 0. The zero-order valence-electron chi connectivity index (χ0n) is 10.4. The van der Waals surface area contributed by atoms with E-state index in [1.165, 1.54) is 5.39 Å². The van der Waals surface area contributed by atoms with Crippen LogP contribution in [0.2, 0.25) is 0 Å². The number of nitrogens with zero attached hydrogens (tertiary/aromatic N) is 2. The van der Waals surface area contributed by atoms with E-state index in [0.29, 0.717) is 0 Å². The highest BCUT2D eigenvalue weighted by molar-refractivity contribution is 5.80. The van der Waals surface area contributed by atoms with Crippen LogP contribution in [0.1, 0.15) is 18.3 Å².